The summed E-state index contributed by atoms with van der Waals surface area (Å²) >= 11 is 0. The van der Waals surface area contributed by atoms with Gasteiger partial charge in [0.2, 0.25) is 0 Å². The normalized spacial score (nSPS) is 12.3. The molecule has 2 aromatic carbocycles. The van der Waals surface area contributed by atoms with Crippen molar-refractivity contribution >= 4 is 16.7 Å². The Labute approximate surface area is 194 Å². The van der Waals surface area contributed by atoms with Gasteiger partial charge in [-0.05, 0) is 52.6 Å². The maximum atomic E-state index is 13.1. The van der Waals surface area contributed by atoms with Crippen molar-refractivity contribution in [2.24, 2.45) is 0 Å². The molecule has 0 spiro atoms. The van der Waals surface area contributed by atoms with Crippen molar-refractivity contribution in [1.29, 1.82) is 0 Å². The minimum Gasteiger partial charge on any atom is -0.368 e. The molecule has 1 N–H and O–H groups in total. The molecule has 7 heteroatoms. The molecule has 4 aromatic rings. The highest BCUT2D eigenvalue weighted by atomic mass is 16.1. The number of hydrogen-bond acceptors (Lipinski definition) is 6. The summed E-state index contributed by atoms with van der Waals surface area (Å²) in [4.78, 5) is 29.0. The van der Waals surface area contributed by atoms with Gasteiger partial charge in [0.1, 0.15) is 17.5 Å². The SMILES string of the molecule is Cc1ccc(C(CNc2cc(Cn3c(C)nc4ccccc4c3=O)nc(C)n2)N(C)C)cc1. The van der Waals surface area contributed by atoms with E-state index in [1.807, 2.05) is 44.2 Å². The fourth-order valence-corrected chi connectivity index (χ4v) is 4.02. The van der Waals surface area contributed by atoms with Gasteiger partial charge in [-0.2, -0.15) is 0 Å². The summed E-state index contributed by atoms with van der Waals surface area (Å²) in [5.41, 5.74) is 3.91. The van der Waals surface area contributed by atoms with Gasteiger partial charge in [0.05, 0.1) is 29.2 Å². The van der Waals surface area contributed by atoms with E-state index >= 15 is 0 Å². The van der Waals surface area contributed by atoms with Gasteiger partial charge in [0, 0.05) is 12.6 Å². The summed E-state index contributed by atoms with van der Waals surface area (Å²) in [5.74, 6) is 2.07. The highest BCUT2D eigenvalue weighted by Crippen LogP contribution is 2.20. The van der Waals surface area contributed by atoms with Crippen molar-refractivity contribution in [2.45, 2.75) is 33.4 Å². The number of hydrogen-bond donors (Lipinski definition) is 1. The zero-order valence-corrected chi connectivity index (χ0v) is 19.8. The molecular formula is C26H30N6O. The van der Waals surface area contributed by atoms with Crippen molar-refractivity contribution in [1.82, 2.24) is 24.4 Å². The van der Waals surface area contributed by atoms with Crippen molar-refractivity contribution in [3.8, 4) is 0 Å². The second kappa shape index (κ2) is 9.50. The van der Waals surface area contributed by atoms with E-state index in [1.54, 1.807) is 4.57 Å². The van der Waals surface area contributed by atoms with E-state index in [0.717, 1.165) is 11.5 Å². The topological polar surface area (TPSA) is 75.9 Å². The lowest BCUT2D eigenvalue weighted by Gasteiger charge is -2.25. The largest absolute Gasteiger partial charge is 0.368 e. The Morgan fingerprint density at radius 1 is 0.970 bits per heavy atom. The third-order valence-corrected chi connectivity index (χ3v) is 5.83. The van der Waals surface area contributed by atoms with Crippen molar-refractivity contribution in [2.75, 3.05) is 26.0 Å². The Kier molecular flexibility index (Phi) is 6.51. The molecule has 170 valence electrons. The summed E-state index contributed by atoms with van der Waals surface area (Å²) < 4.78 is 1.67. The number of anilines is 1. The molecule has 0 amide bonds. The Hall–Kier alpha value is -3.58. The van der Waals surface area contributed by atoms with Crippen LogP contribution < -0.4 is 10.9 Å². The van der Waals surface area contributed by atoms with Gasteiger partial charge in [0.15, 0.2) is 0 Å². The van der Waals surface area contributed by atoms with Gasteiger partial charge in [-0.1, -0.05) is 42.0 Å². The van der Waals surface area contributed by atoms with E-state index in [1.165, 1.54) is 11.1 Å². The van der Waals surface area contributed by atoms with E-state index in [-0.39, 0.29) is 11.6 Å². The standard InChI is InChI=1S/C26H30N6O/c1-17-10-12-20(13-11-17)24(31(4)5)15-27-25-14-21(28-18(2)29-25)16-32-19(3)30-23-9-7-6-8-22(23)26(32)33/h6-14,24H,15-16H2,1-5H3,(H,27,28,29). The lowest BCUT2D eigenvalue weighted by molar-refractivity contribution is 0.311. The van der Waals surface area contributed by atoms with Crippen LogP contribution >= 0.6 is 0 Å². The first kappa shape index (κ1) is 22.6. The third kappa shape index (κ3) is 5.09. The van der Waals surface area contributed by atoms with Crippen LogP contribution in [0.1, 0.15) is 34.5 Å². The Balaban J connectivity index is 1.58. The molecule has 7 nitrogen and oxygen atoms in total. The molecule has 0 bridgehead atoms. The van der Waals surface area contributed by atoms with E-state index < -0.39 is 0 Å². The number of rotatable bonds is 7. The smallest absolute Gasteiger partial charge is 0.261 e. The molecule has 2 heterocycles. The molecule has 0 aliphatic rings. The lowest BCUT2D eigenvalue weighted by atomic mass is 10.0. The Bertz CT molecular complexity index is 1330. The number of aryl methyl sites for hydroxylation is 3. The lowest BCUT2D eigenvalue weighted by Crippen LogP contribution is -2.27. The van der Waals surface area contributed by atoms with Gasteiger partial charge >= 0.3 is 0 Å². The predicted molar refractivity (Wildman–Crippen MR) is 133 cm³/mol. The first-order valence-corrected chi connectivity index (χ1v) is 11.1. The van der Waals surface area contributed by atoms with Crippen LogP contribution in [-0.2, 0) is 6.54 Å². The molecule has 1 atom stereocenters. The molecule has 0 radical (unpaired) electrons. The summed E-state index contributed by atoms with van der Waals surface area (Å²) in [6.07, 6.45) is 0. The Morgan fingerprint density at radius 3 is 2.42 bits per heavy atom. The number of aromatic nitrogens is 4. The van der Waals surface area contributed by atoms with Crippen molar-refractivity contribution in [3.05, 3.63) is 93.4 Å². The monoisotopic (exact) mass is 442 g/mol. The molecule has 0 aliphatic heterocycles. The maximum absolute atomic E-state index is 13.1. The first-order chi connectivity index (χ1) is 15.8. The van der Waals surface area contributed by atoms with E-state index in [2.05, 4.69) is 70.5 Å². The fraction of sp³-hybridized carbons (Fsp3) is 0.308. The number of para-hydroxylation sites is 1. The van der Waals surface area contributed by atoms with Crippen LogP contribution in [-0.4, -0.2) is 45.1 Å². The summed E-state index contributed by atoms with van der Waals surface area (Å²) in [6.45, 7) is 6.85. The number of fused-ring (bicyclic) bond motifs is 1. The third-order valence-electron chi connectivity index (χ3n) is 5.83. The van der Waals surface area contributed by atoms with Crippen LogP contribution in [0.5, 0.6) is 0 Å². The average molecular weight is 443 g/mol. The first-order valence-electron chi connectivity index (χ1n) is 11.1. The number of benzene rings is 2. The number of likely N-dealkylation sites (N-methyl/N-ethyl adjacent to an activating group) is 1. The average Bonchev–Trinajstić information content (AvgIpc) is 2.77. The zero-order chi connectivity index (χ0) is 23.5. The molecule has 0 aliphatic carbocycles. The number of nitrogens with zero attached hydrogens (tertiary/aromatic N) is 5. The van der Waals surface area contributed by atoms with Gasteiger partial charge in [-0.25, -0.2) is 15.0 Å². The van der Waals surface area contributed by atoms with Crippen LogP contribution in [0.25, 0.3) is 10.9 Å². The quantitative estimate of drug-likeness (QED) is 0.468. The van der Waals surface area contributed by atoms with Crippen LogP contribution in [0.3, 0.4) is 0 Å². The molecular weight excluding hydrogens is 412 g/mol. The molecule has 33 heavy (non-hydrogen) atoms. The minimum atomic E-state index is -0.0593. The van der Waals surface area contributed by atoms with Gasteiger partial charge in [-0.3, -0.25) is 9.36 Å². The predicted octanol–water partition coefficient (Wildman–Crippen LogP) is 3.87. The molecule has 2 aromatic heterocycles. The van der Waals surface area contributed by atoms with E-state index in [4.69, 9.17) is 0 Å². The van der Waals surface area contributed by atoms with Crippen LogP contribution in [0, 0.1) is 20.8 Å². The fourth-order valence-electron chi connectivity index (χ4n) is 4.02. The highest BCUT2D eigenvalue weighted by Gasteiger charge is 2.15. The van der Waals surface area contributed by atoms with Crippen molar-refractivity contribution < 1.29 is 0 Å². The maximum Gasteiger partial charge on any atom is 0.261 e. The van der Waals surface area contributed by atoms with E-state index in [0.29, 0.717) is 35.6 Å². The van der Waals surface area contributed by atoms with Gasteiger partial charge in [-0.15, -0.1) is 0 Å². The van der Waals surface area contributed by atoms with E-state index in [9.17, 15) is 4.79 Å². The summed E-state index contributed by atoms with van der Waals surface area (Å²) in [6, 6.07) is 18.1. The second-order valence-electron chi connectivity index (χ2n) is 8.63. The van der Waals surface area contributed by atoms with Gasteiger partial charge < -0.3 is 10.2 Å². The van der Waals surface area contributed by atoms with Gasteiger partial charge in [0.25, 0.3) is 5.56 Å². The molecule has 1 unspecified atom stereocenters. The zero-order valence-electron chi connectivity index (χ0n) is 19.8. The van der Waals surface area contributed by atoms with Crippen molar-refractivity contribution in [3.63, 3.8) is 0 Å². The summed E-state index contributed by atoms with van der Waals surface area (Å²) in [5, 5.41) is 4.08. The minimum absolute atomic E-state index is 0.0593. The molecule has 0 saturated heterocycles. The molecule has 0 fully saturated rings. The van der Waals surface area contributed by atoms with Crippen LogP contribution in [0.4, 0.5) is 5.82 Å². The number of nitrogens with one attached hydrogen (secondary N) is 1. The Morgan fingerprint density at radius 2 is 1.70 bits per heavy atom. The highest BCUT2D eigenvalue weighted by molar-refractivity contribution is 5.77. The van der Waals surface area contributed by atoms with Crippen LogP contribution in [0.2, 0.25) is 0 Å². The van der Waals surface area contributed by atoms with Crippen LogP contribution in [0.15, 0.2) is 59.4 Å². The summed E-state index contributed by atoms with van der Waals surface area (Å²) in [7, 11) is 4.15. The molecule has 0 saturated carbocycles. The second-order valence-corrected chi connectivity index (χ2v) is 8.63. The molecule has 4 rings (SSSR count).